The van der Waals surface area contributed by atoms with Gasteiger partial charge in [0.25, 0.3) is 5.91 Å². The van der Waals surface area contributed by atoms with Crippen molar-refractivity contribution in [2.45, 2.75) is 38.0 Å². The van der Waals surface area contributed by atoms with E-state index in [1.165, 1.54) is 18.0 Å². The second-order valence-electron chi connectivity index (χ2n) is 8.55. The molecule has 2 aromatic rings. The number of nitrogens with zero attached hydrogens (tertiary/aromatic N) is 2. The number of pyridine rings is 1. The molecule has 2 atom stereocenters. The predicted molar refractivity (Wildman–Crippen MR) is 123 cm³/mol. The molecule has 178 valence electrons. The third kappa shape index (κ3) is 6.45. The third-order valence-electron chi connectivity index (χ3n) is 5.64. The van der Waals surface area contributed by atoms with Crippen LogP contribution in [0.1, 0.15) is 35.7 Å². The molecule has 33 heavy (non-hydrogen) atoms. The lowest BCUT2D eigenvalue weighted by atomic mass is 10.0. The van der Waals surface area contributed by atoms with Crippen LogP contribution in [0.15, 0.2) is 30.5 Å². The maximum absolute atomic E-state index is 14.1. The fourth-order valence-corrected chi connectivity index (χ4v) is 3.93. The number of likely N-dealkylation sites (tertiary alicyclic amines) is 1. The van der Waals surface area contributed by atoms with Crippen molar-refractivity contribution in [3.63, 3.8) is 0 Å². The Balaban J connectivity index is 1.64. The van der Waals surface area contributed by atoms with Gasteiger partial charge in [-0.05, 0) is 44.2 Å². The van der Waals surface area contributed by atoms with Gasteiger partial charge in [-0.2, -0.15) is 0 Å². The number of amides is 3. The normalized spacial score (nSPS) is 20.1. The van der Waals surface area contributed by atoms with Crippen molar-refractivity contribution in [3.05, 3.63) is 41.6 Å². The highest BCUT2D eigenvalue weighted by atomic mass is 19.1. The Morgan fingerprint density at radius 1 is 1.24 bits per heavy atom. The van der Waals surface area contributed by atoms with E-state index in [2.05, 4.69) is 20.9 Å². The second-order valence-corrected chi connectivity index (χ2v) is 8.55. The lowest BCUT2D eigenvalue weighted by Gasteiger charge is -2.21. The van der Waals surface area contributed by atoms with Crippen LogP contribution >= 0.6 is 0 Å². The summed E-state index contributed by atoms with van der Waals surface area (Å²) < 4.78 is 14.1. The van der Waals surface area contributed by atoms with Gasteiger partial charge in [0.2, 0.25) is 11.8 Å². The molecule has 1 aliphatic rings. The highest BCUT2D eigenvalue weighted by Crippen LogP contribution is 2.27. The van der Waals surface area contributed by atoms with Gasteiger partial charge in [-0.3, -0.25) is 19.4 Å². The average Bonchev–Trinajstić information content (AvgIpc) is 3.07. The maximum atomic E-state index is 14.1. The van der Waals surface area contributed by atoms with Crippen molar-refractivity contribution in [1.29, 1.82) is 0 Å². The van der Waals surface area contributed by atoms with E-state index >= 15 is 0 Å². The summed E-state index contributed by atoms with van der Waals surface area (Å²) in [5, 5.41) is 9.04. The summed E-state index contributed by atoms with van der Waals surface area (Å²) in [6, 6.07) is 7.10. The number of rotatable bonds is 9. The monoisotopic (exact) mass is 458 g/mol. The maximum Gasteiger partial charge on any atom is 0.252 e. The van der Waals surface area contributed by atoms with Crippen molar-refractivity contribution in [2.75, 3.05) is 33.2 Å². The van der Waals surface area contributed by atoms with Crippen LogP contribution in [-0.4, -0.2) is 72.7 Å². The molecule has 0 aliphatic carbocycles. The summed E-state index contributed by atoms with van der Waals surface area (Å²) in [7, 11) is 1.82. The zero-order valence-electron chi connectivity index (χ0n) is 19.0. The summed E-state index contributed by atoms with van der Waals surface area (Å²) >= 11 is 0. The van der Waals surface area contributed by atoms with Crippen LogP contribution in [0.3, 0.4) is 0 Å². The molecular formula is C23H31FN6O3. The Morgan fingerprint density at radius 2 is 2.03 bits per heavy atom. The number of aromatic nitrogens is 1. The lowest BCUT2D eigenvalue weighted by molar-refractivity contribution is -0.131. The van der Waals surface area contributed by atoms with Gasteiger partial charge in [0.15, 0.2) is 0 Å². The molecule has 0 bridgehead atoms. The number of nitrogens with two attached hydrogens (primary N) is 1. The van der Waals surface area contributed by atoms with Crippen molar-refractivity contribution >= 4 is 28.6 Å². The number of carbonyl (C=O) groups is 3. The first-order chi connectivity index (χ1) is 15.7. The molecule has 0 spiro atoms. The number of halogens is 1. The van der Waals surface area contributed by atoms with Crippen LogP contribution in [0, 0.1) is 0 Å². The van der Waals surface area contributed by atoms with E-state index in [0.29, 0.717) is 42.4 Å². The number of carbonyl (C=O) groups excluding carboxylic acids is 3. The van der Waals surface area contributed by atoms with Gasteiger partial charge in [0.05, 0.1) is 30.3 Å². The van der Waals surface area contributed by atoms with E-state index in [4.69, 9.17) is 5.73 Å². The number of nitrogens with one attached hydrogen (secondary N) is 3. The Hall–Kier alpha value is -3.11. The van der Waals surface area contributed by atoms with Gasteiger partial charge in [-0.1, -0.05) is 6.07 Å². The summed E-state index contributed by atoms with van der Waals surface area (Å²) in [6.07, 6.45) is 1.74. The second kappa shape index (κ2) is 10.7. The third-order valence-corrected chi connectivity index (χ3v) is 5.64. The van der Waals surface area contributed by atoms with Crippen LogP contribution in [0.2, 0.25) is 0 Å². The number of likely N-dealkylation sites (N-methyl/N-ethyl adjacent to an activating group) is 1. The van der Waals surface area contributed by atoms with Gasteiger partial charge in [0.1, 0.15) is 5.67 Å². The molecule has 3 amide bonds. The van der Waals surface area contributed by atoms with Gasteiger partial charge in [-0.25, -0.2) is 4.39 Å². The van der Waals surface area contributed by atoms with Gasteiger partial charge in [0, 0.05) is 37.5 Å². The first-order valence-electron chi connectivity index (χ1n) is 11.0. The first-order valence-corrected chi connectivity index (χ1v) is 11.0. The van der Waals surface area contributed by atoms with E-state index in [0.717, 1.165) is 5.56 Å². The number of fused-ring (bicyclic) bond motifs is 1. The van der Waals surface area contributed by atoms with Gasteiger partial charge in [-0.15, -0.1) is 0 Å². The number of hydrogen-bond acceptors (Lipinski definition) is 6. The van der Waals surface area contributed by atoms with Gasteiger partial charge < -0.3 is 26.6 Å². The van der Waals surface area contributed by atoms with Crippen LogP contribution in [0.4, 0.5) is 4.39 Å². The average molecular weight is 459 g/mol. The fourth-order valence-electron chi connectivity index (χ4n) is 3.93. The van der Waals surface area contributed by atoms with E-state index in [9.17, 15) is 18.8 Å². The van der Waals surface area contributed by atoms with Crippen molar-refractivity contribution in [2.24, 2.45) is 5.73 Å². The molecular weight excluding hydrogens is 427 g/mol. The summed E-state index contributed by atoms with van der Waals surface area (Å²) in [5.41, 5.74) is 6.23. The van der Waals surface area contributed by atoms with Gasteiger partial charge >= 0.3 is 0 Å². The molecule has 10 heteroatoms. The molecule has 0 radical (unpaired) electrons. The van der Waals surface area contributed by atoms with E-state index in [1.807, 2.05) is 19.2 Å². The predicted octanol–water partition coefficient (Wildman–Crippen LogP) is 0.478. The minimum absolute atomic E-state index is 0.0440. The minimum atomic E-state index is -1.53. The zero-order valence-corrected chi connectivity index (χ0v) is 19.0. The molecule has 9 nitrogen and oxygen atoms in total. The summed E-state index contributed by atoms with van der Waals surface area (Å²) in [4.78, 5) is 42.8. The molecule has 2 heterocycles. The van der Waals surface area contributed by atoms with Crippen LogP contribution in [0.5, 0.6) is 0 Å². The SMILES string of the molecule is CNCCNC(=O)CCc1ccc2nccc(C(=O)NCC(=O)N3CC(C)(F)CC3N)c2c1. The molecule has 3 rings (SSSR count). The lowest BCUT2D eigenvalue weighted by Crippen LogP contribution is -2.46. The Kier molecular flexibility index (Phi) is 7.93. The zero-order chi connectivity index (χ0) is 24.0. The molecule has 1 aromatic carbocycles. The Morgan fingerprint density at radius 3 is 2.73 bits per heavy atom. The molecule has 1 saturated heterocycles. The number of hydrogen-bond donors (Lipinski definition) is 4. The number of aryl methyl sites for hydroxylation is 1. The van der Waals surface area contributed by atoms with Crippen molar-refractivity contribution in [3.8, 4) is 0 Å². The fraction of sp³-hybridized carbons (Fsp3) is 0.478. The summed E-state index contributed by atoms with van der Waals surface area (Å²) in [5.74, 6) is -0.911. The summed E-state index contributed by atoms with van der Waals surface area (Å²) in [6.45, 7) is 2.30. The largest absolute Gasteiger partial charge is 0.355 e. The quantitative estimate of drug-likeness (QED) is 0.405. The standard InChI is InChI=1S/C23H31FN6O3/c1-23(24)12-19(25)30(14-23)21(32)13-29-22(33)16-7-8-27-18-5-3-15(11-17(16)18)4-6-20(31)28-10-9-26-2/h3,5,7-8,11,19,26H,4,6,9-10,12-14,25H2,1-2H3,(H,28,31)(H,29,33). The molecule has 2 unspecified atom stereocenters. The van der Waals surface area contributed by atoms with Crippen molar-refractivity contribution < 1.29 is 18.8 Å². The highest BCUT2D eigenvalue weighted by molar-refractivity contribution is 6.07. The van der Waals surface area contributed by atoms with Crippen molar-refractivity contribution in [1.82, 2.24) is 25.8 Å². The first kappa shape index (κ1) is 24.5. The smallest absolute Gasteiger partial charge is 0.252 e. The Labute approximate surface area is 192 Å². The van der Waals surface area contributed by atoms with Crippen LogP contribution in [0.25, 0.3) is 10.9 Å². The Bertz CT molecular complexity index is 1030. The van der Waals surface area contributed by atoms with Crippen LogP contribution < -0.4 is 21.7 Å². The topological polar surface area (TPSA) is 129 Å². The minimum Gasteiger partial charge on any atom is -0.355 e. The van der Waals surface area contributed by atoms with E-state index in [-0.39, 0.29) is 25.4 Å². The van der Waals surface area contributed by atoms with E-state index in [1.54, 1.807) is 12.1 Å². The number of alkyl halides is 1. The molecule has 5 N–H and O–H groups in total. The number of benzene rings is 1. The van der Waals surface area contributed by atoms with Crippen LogP contribution in [-0.2, 0) is 16.0 Å². The molecule has 0 saturated carbocycles. The molecule has 1 fully saturated rings. The molecule has 1 aliphatic heterocycles. The molecule has 1 aromatic heterocycles. The highest BCUT2D eigenvalue weighted by Gasteiger charge is 2.41. The van der Waals surface area contributed by atoms with E-state index < -0.39 is 23.6 Å².